The van der Waals surface area contributed by atoms with Gasteiger partial charge in [0.2, 0.25) is 23.6 Å². The molecule has 178 valence electrons. The Balaban J connectivity index is 5.21. The summed E-state index contributed by atoms with van der Waals surface area (Å²) in [6.45, 7) is 6.14. The van der Waals surface area contributed by atoms with Crippen LogP contribution in [0.4, 0.5) is 0 Å². The molecule has 31 heavy (non-hydrogen) atoms. The second-order valence-corrected chi connectivity index (χ2v) is 7.79. The molecule has 9 N–H and O–H groups in total. The van der Waals surface area contributed by atoms with Gasteiger partial charge in [-0.15, -0.1) is 0 Å². The summed E-state index contributed by atoms with van der Waals surface area (Å²) in [5.74, 6) is -4.91. The number of hydrogen-bond donors (Lipinski definition) is 7. The van der Waals surface area contributed by atoms with Crippen molar-refractivity contribution in [2.75, 3.05) is 6.61 Å². The molecular weight excluding hydrogens is 410 g/mol. The molecule has 0 radical (unpaired) electrons. The number of aliphatic hydroxyl groups excluding tert-OH is 1. The van der Waals surface area contributed by atoms with Gasteiger partial charge in [-0.2, -0.15) is 0 Å². The number of primary amides is 1. The molecule has 12 heteroatoms. The largest absolute Gasteiger partial charge is 0.480 e. The van der Waals surface area contributed by atoms with Crippen LogP contribution < -0.4 is 27.4 Å². The molecule has 0 aromatic heterocycles. The number of nitrogens with two attached hydrogens (primary N) is 2. The van der Waals surface area contributed by atoms with E-state index in [0.29, 0.717) is 6.42 Å². The summed E-state index contributed by atoms with van der Waals surface area (Å²) < 4.78 is 0. The van der Waals surface area contributed by atoms with Gasteiger partial charge in [0, 0.05) is 6.42 Å². The van der Waals surface area contributed by atoms with E-state index in [1.54, 1.807) is 20.8 Å². The maximum absolute atomic E-state index is 12.6. The first kappa shape index (κ1) is 28.3. The second kappa shape index (κ2) is 13.5. The molecule has 0 fully saturated rings. The minimum Gasteiger partial charge on any atom is -0.480 e. The van der Waals surface area contributed by atoms with Gasteiger partial charge in [-0.25, -0.2) is 4.79 Å². The van der Waals surface area contributed by atoms with Crippen LogP contribution in [0.25, 0.3) is 0 Å². The molecule has 0 aromatic rings. The summed E-state index contributed by atoms with van der Waals surface area (Å²) in [7, 11) is 0. The van der Waals surface area contributed by atoms with Crippen LogP contribution in [0.2, 0.25) is 0 Å². The maximum Gasteiger partial charge on any atom is 0.326 e. The highest BCUT2D eigenvalue weighted by atomic mass is 16.4. The lowest BCUT2D eigenvalue weighted by molar-refractivity contribution is -0.143. The predicted octanol–water partition coefficient (Wildman–Crippen LogP) is -2.19. The standard InChI is InChI=1S/C19H35N5O7/c1-5-10(4)14(21)17(28)23-12(8-25)16(27)24-15(9(2)3)18(29)22-11(19(30)31)6-7-13(20)26/h9-12,14-15,25H,5-8,21H2,1-4H3,(H2,20,26)(H,22,29)(H,23,28)(H,24,27)(H,30,31). The summed E-state index contributed by atoms with van der Waals surface area (Å²) in [5, 5.41) is 25.8. The van der Waals surface area contributed by atoms with Crippen molar-refractivity contribution in [1.29, 1.82) is 0 Å². The highest BCUT2D eigenvalue weighted by molar-refractivity contribution is 5.94. The smallest absolute Gasteiger partial charge is 0.326 e. The van der Waals surface area contributed by atoms with E-state index in [1.165, 1.54) is 0 Å². The van der Waals surface area contributed by atoms with E-state index in [2.05, 4.69) is 16.0 Å². The van der Waals surface area contributed by atoms with Crippen molar-refractivity contribution in [3.8, 4) is 0 Å². The van der Waals surface area contributed by atoms with Crippen molar-refractivity contribution in [2.45, 2.75) is 71.1 Å². The number of rotatable bonds is 14. The van der Waals surface area contributed by atoms with E-state index in [9.17, 15) is 34.2 Å². The van der Waals surface area contributed by atoms with Crippen LogP contribution in [0.5, 0.6) is 0 Å². The number of aliphatic carboxylic acids is 1. The summed E-state index contributed by atoms with van der Waals surface area (Å²) >= 11 is 0. The summed E-state index contributed by atoms with van der Waals surface area (Å²) in [4.78, 5) is 59.6. The van der Waals surface area contributed by atoms with Crippen LogP contribution in [0, 0.1) is 11.8 Å². The number of carboxylic acids is 1. The molecule has 0 aliphatic heterocycles. The molecule has 0 aliphatic rings. The van der Waals surface area contributed by atoms with Crippen LogP contribution in [-0.4, -0.2) is 70.6 Å². The Morgan fingerprint density at radius 2 is 1.45 bits per heavy atom. The first-order valence-electron chi connectivity index (χ1n) is 10.1. The summed E-state index contributed by atoms with van der Waals surface area (Å²) in [6.07, 6.45) is 0.184. The Labute approximate surface area is 181 Å². The van der Waals surface area contributed by atoms with Gasteiger partial charge in [0.15, 0.2) is 0 Å². The first-order chi connectivity index (χ1) is 14.3. The van der Waals surface area contributed by atoms with Gasteiger partial charge in [0.1, 0.15) is 18.1 Å². The molecular formula is C19H35N5O7. The van der Waals surface area contributed by atoms with Crippen LogP contribution in [0.15, 0.2) is 0 Å². The van der Waals surface area contributed by atoms with E-state index >= 15 is 0 Å². The fourth-order valence-corrected chi connectivity index (χ4v) is 2.57. The van der Waals surface area contributed by atoms with Crippen LogP contribution in [0.3, 0.4) is 0 Å². The van der Waals surface area contributed by atoms with Crippen molar-refractivity contribution in [3.05, 3.63) is 0 Å². The van der Waals surface area contributed by atoms with E-state index in [0.717, 1.165) is 0 Å². The average Bonchev–Trinajstić information content (AvgIpc) is 2.70. The Hall–Kier alpha value is -2.73. The first-order valence-corrected chi connectivity index (χ1v) is 10.1. The van der Waals surface area contributed by atoms with E-state index in [-0.39, 0.29) is 18.8 Å². The molecule has 0 saturated heterocycles. The van der Waals surface area contributed by atoms with Gasteiger partial charge >= 0.3 is 5.97 Å². The highest BCUT2D eigenvalue weighted by Crippen LogP contribution is 2.07. The maximum atomic E-state index is 12.6. The van der Waals surface area contributed by atoms with Crippen molar-refractivity contribution in [2.24, 2.45) is 23.3 Å². The third kappa shape index (κ3) is 9.75. The lowest BCUT2D eigenvalue weighted by Gasteiger charge is -2.27. The van der Waals surface area contributed by atoms with Gasteiger partial charge in [-0.05, 0) is 18.3 Å². The number of hydrogen-bond acceptors (Lipinski definition) is 7. The van der Waals surface area contributed by atoms with E-state index in [4.69, 9.17) is 11.5 Å². The number of nitrogens with one attached hydrogen (secondary N) is 3. The molecule has 5 unspecified atom stereocenters. The quantitative estimate of drug-likeness (QED) is 0.155. The lowest BCUT2D eigenvalue weighted by Crippen LogP contribution is -2.59. The van der Waals surface area contributed by atoms with Gasteiger partial charge in [-0.1, -0.05) is 34.1 Å². The number of carbonyl (C=O) groups is 5. The van der Waals surface area contributed by atoms with Gasteiger partial charge in [0.05, 0.1) is 12.6 Å². The van der Waals surface area contributed by atoms with Crippen molar-refractivity contribution >= 4 is 29.6 Å². The SMILES string of the molecule is CCC(C)C(N)C(=O)NC(CO)C(=O)NC(C(=O)NC(CCC(N)=O)C(=O)O)C(C)C. The van der Waals surface area contributed by atoms with Crippen molar-refractivity contribution in [3.63, 3.8) is 0 Å². The van der Waals surface area contributed by atoms with E-state index in [1.807, 2.05) is 6.92 Å². The van der Waals surface area contributed by atoms with Gasteiger partial charge in [0.25, 0.3) is 0 Å². The Morgan fingerprint density at radius 1 is 0.903 bits per heavy atom. The molecule has 5 atom stereocenters. The van der Waals surface area contributed by atoms with Crippen LogP contribution in [-0.2, 0) is 24.0 Å². The highest BCUT2D eigenvalue weighted by Gasteiger charge is 2.32. The second-order valence-electron chi connectivity index (χ2n) is 7.79. The fraction of sp³-hybridized carbons (Fsp3) is 0.737. The number of aliphatic hydroxyl groups is 1. The Kier molecular flexibility index (Phi) is 12.4. The number of carbonyl (C=O) groups excluding carboxylic acids is 4. The zero-order chi connectivity index (χ0) is 24.3. The Morgan fingerprint density at radius 3 is 1.87 bits per heavy atom. The van der Waals surface area contributed by atoms with E-state index < -0.39 is 66.3 Å². The van der Waals surface area contributed by atoms with Crippen molar-refractivity contribution in [1.82, 2.24) is 16.0 Å². The number of amides is 4. The number of carboxylic acid groups (broad SMARTS) is 1. The predicted molar refractivity (Wildman–Crippen MR) is 111 cm³/mol. The average molecular weight is 446 g/mol. The van der Waals surface area contributed by atoms with Crippen molar-refractivity contribution < 1.29 is 34.2 Å². The van der Waals surface area contributed by atoms with Gasteiger partial charge in [-0.3, -0.25) is 19.2 Å². The molecule has 12 nitrogen and oxygen atoms in total. The molecule has 0 aliphatic carbocycles. The fourth-order valence-electron chi connectivity index (χ4n) is 2.57. The zero-order valence-corrected chi connectivity index (χ0v) is 18.4. The Bertz CT molecular complexity index is 656. The van der Waals surface area contributed by atoms with Gasteiger partial charge < -0.3 is 37.6 Å². The molecule has 0 rings (SSSR count). The minimum atomic E-state index is -1.37. The monoisotopic (exact) mass is 445 g/mol. The third-order valence-electron chi connectivity index (χ3n) is 4.92. The normalized spacial score (nSPS) is 15.8. The topological polar surface area (TPSA) is 214 Å². The molecule has 0 aromatic carbocycles. The van der Waals surface area contributed by atoms with Crippen LogP contribution in [0.1, 0.15) is 47.0 Å². The molecule has 4 amide bonds. The molecule has 0 spiro atoms. The van der Waals surface area contributed by atoms with Crippen LogP contribution >= 0.6 is 0 Å². The third-order valence-corrected chi connectivity index (χ3v) is 4.92. The zero-order valence-electron chi connectivity index (χ0n) is 18.4. The lowest BCUT2D eigenvalue weighted by atomic mass is 9.99. The molecule has 0 heterocycles. The molecule has 0 saturated carbocycles. The minimum absolute atomic E-state index is 0.148. The summed E-state index contributed by atoms with van der Waals surface area (Å²) in [5.41, 5.74) is 10.8. The summed E-state index contributed by atoms with van der Waals surface area (Å²) in [6, 6.07) is -4.75. The molecule has 0 bridgehead atoms.